The first-order valence-corrected chi connectivity index (χ1v) is 6.20. The van der Waals surface area contributed by atoms with E-state index < -0.39 is 0 Å². The average molecular weight is 215 g/mol. The first kappa shape index (κ1) is 9.88. The molecule has 1 saturated carbocycles. The number of hydrogen-bond donors (Lipinski definition) is 0. The van der Waals surface area contributed by atoms with Crippen LogP contribution in [-0.2, 0) is 4.79 Å². The van der Waals surface area contributed by atoms with E-state index in [4.69, 9.17) is 0 Å². The highest BCUT2D eigenvalue weighted by molar-refractivity contribution is 5.83. The molecule has 0 N–H and O–H groups in total. The normalized spacial score (nSPS) is 28.1. The van der Waals surface area contributed by atoms with Gasteiger partial charge in [0.2, 0.25) is 5.91 Å². The molecule has 1 saturated heterocycles. The number of carbonyl (C=O) groups is 1. The minimum atomic E-state index is 0.278. The van der Waals surface area contributed by atoms with E-state index in [0.29, 0.717) is 11.8 Å². The van der Waals surface area contributed by atoms with Gasteiger partial charge in [-0.15, -0.1) is 0 Å². The van der Waals surface area contributed by atoms with Crippen molar-refractivity contribution in [1.29, 1.82) is 0 Å². The number of carbonyl (C=O) groups excluding carboxylic acids is 1. The van der Waals surface area contributed by atoms with Crippen LogP contribution in [0.4, 0.5) is 0 Å². The van der Waals surface area contributed by atoms with Gasteiger partial charge in [0.1, 0.15) is 0 Å². The molecule has 0 spiro atoms. The van der Waals surface area contributed by atoms with Crippen LogP contribution in [0.25, 0.3) is 0 Å². The summed E-state index contributed by atoms with van der Waals surface area (Å²) in [6.45, 7) is 1.97. The van der Waals surface area contributed by atoms with Gasteiger partial charge in [-0.25, -0.2) is 0 Å². The van der Waals surface area contributed by atoms with Crippen LogP contribution in [0.5, 0.6) is 0 Å². The van der Waals surface area contributed by atoms with Crippen molar-refractivity contribution in [3.8, 4) is 0 Å². The first-order valence-electron chi connectivity index (χ1n) is 6.20. The molecule has 1 amide bonds. The fraction of sp³-hybridized carbons (Fsp3) is 0.500. The van der Waals surface area contributed by atoms with Gasteiger partial charge in [-0.2, -0.15) is 0 Å². The lowest BCUT2D eigenvalue weighted by Crippen LogP contribution is -2.29. The maximum Gasteiger partial charge on any atom is 0.226 e. The molecule has 1 heterocycles. The second-order valence-electron chi connectivity index (χ2n) is 4.89. The molecule has 0 unspecified atom stereocenters. The maximum absolute atomic E-state index is 12.1. The second kappa shape index (κ2) is 3.93. The molecule has 1 aromatic rings. The molecule has 3 rings (SSSR count). The molecule has 1 aromatic carbocycles. The van der Waals surface area contributed by atoms with Crippen LogP contribution < -0.4 is 0 Å². The van der Waals surface area contributed by atoms with Crippen LogP contribution >= 0.6 is 0 Å². The molecule has 1 aliphatic carbocycles. The van der Waals surface area contributed by atoms with E-state index >= 15 is 0 Å². The Labute approximate surface area is 96.3 Å². The lowest BCUT2D eigenvalue weighted by Gasteiger charge is -2.14. The fourth-order valence-electron chi connectivity index (χ4n) is 2.71. The van der Waals surface area contributed by atoms with Crippen molar-refractivity contribution >= 4 is 5.91 Å². The number of likely N-dealkylation sites (tertiary alicyclic amines) is 1. The summed E-state index contributed by atoms with van der Waals surface area (Å²) in [6.07, 6.45) is 3.43. The van der Waals surface area contributed by atoms with E-state index in [-0.39, 0.29) is 5.92 Å². The number of benzene rings is 1. The van der Waals surface area contributed by atoms with Crippen LogP contribution in [0, 0.1) is 5.92 Å². The van der Waals surface area contributed by atoms with Crippen molar-refractivity contribution < 1.29 is 4.79 Å². The van der Waals surface area contributed by atoms with E-state index in [9.17, 15) is 4.79 Å². The molecular formula is C14H17NO. The Bertz CT molecular complexity index is 381. The SMILES string of the molecule is O=C([C@@H]1C[C@H]1c1ccccc1)N1CCCC1. The number of amides is 1. The monoisotopic (exact) mass is 215 g/mol. The molecule has 0 aromatic heterocycles. The fourth-order valence-corrected chi connectivity index (χ4v) is 2.71. The predicted octanol–water partition coefficient (Wildman–Crippen LogP) is 2.41. The summed E-state index contributed by atoms with van der Waals surface area (Å²) in [5.41, 5.74) is 1.33. The van der Waals surface area contributed by atoms with Gasteiger partial charge in [0, 0.05) is 19.0 Å². The molecular weight excluding hydrogens is 198 g/mol. The molecule has 0 radical (unpaired) electrons. The summed E-state index contributed by atoms with van der Waals surface area (Å²) in [7, 11) is 0. The Morgan fingerprint density at radius 2 is 1.81 bits per heavy atom. The third kappa shape index (κ3) is 1.73. The van der Waals surface area contributed by atoms with Gasteiger partial charge in [-0.3, -0.25) is 4.79 Å². The Kier molecular flexibility index (Phi) is 2.43. The van der Waals surface area contributed by atoms with Crippen LogP contribution in [0.1, 0.15) is 30.7 Å². The summed E-state index contributed by atoms with van der Waals surface area (Å²) < 4.78 is 0. The van der Waals surface area contributed by atoms with E-state index in [2.05, 4.69) is 24.3 Å². The molecule has 2 nitrogen and oxygen atoms in total. The summed E-state index contributed by atoms with van der Waals surface area (Å²) in [4.78, 5) is 14.2. The van der Waals surface area contributed by atoms with Gasteiger partial charge >= 0.3 is 0 Å². The molecule has 16 heavy (non-hydrogen) atoms. The standard InChI is InChI=1S/C14H17NO/c16-14(15-8-4-5-9-15)13-10-12(13)11-6-2-1-3-7-11/h1-3,6-7,12-13H,4-5,8-10H2/t12-,13+/m0/s1. The summed E-state index contributed by atoms with van der Waals surface area (Å²) >= 11 is 0. The second-order valence-corrected chi connectivity index (χ2v) is 4.89. The Hall–Kier alpha value is -1.31. The molecule has 2 fully saturated rings. The van der Waals surface area contributed by atoms with Crippen molar-refractivity contribution in [2.75, 3.05) is 13.1 Å². The number of hydrogen-bond acceptors (Lipinski definition) is 1. The van der Waals surface area contributed by atoms with Crippen LogP contribution in [0.2, 0.25) is 0 Å². The Morgan fingerprint density at radius 1 is 1.12 bits per heavy atom. The number of nitrogens with zero attached hydrogens (tertiary/aromatic N) is 1. The van der Waals surface area contributed by atoms with Gasteiger partial charge in [-0.1, -0.05) is 30.3 Å². The molecule has 0 bridgehead atoms. The quantitative estimate of drug-likeness (QED) is 0.742. The molecule has 84 valence electrons. The lowest BCUT2D eigenvalue weighted by atomic mass is 10.1. The largest absolute Gasteiger partial charge is 0.342 e. The highest BCUT2D eigenvalue weighted by Crippen LogP contribution is 2.48. The smallest absolute Gasteiger partial charge is 0.226 e. The van der Waals surface area contributed by atoms with E-state index in [1.54, 1.807) is 0 Å². The third-order valence-electron chi connectivity index (χ3n) is 3.75. The van der Waals surface area contributed by atoms with Gasteiger partial charge in [0.15, 0.2) is 0 Å². The van der Waals surface area contributed by atoms with Crippen molar-refractivity contribution in [3.63, 3.8) is 0 Å². The molecule has 2 aliphatic rings. The zero-order valence-corrected chi connectivity index (χ0v) is 9.43. The van der Waals surface area contributed by atoms with Gasteiger partial charge < -0.3 is 4.90 Å². The first-order chi connectivity index (χ1) is 7.86. The van der Waals surface area contributed by atoms with Crippen LogP contribution in [-0.4, -0.2) is 23.9 Å². The Balaban J connectivity index is 1.65. The highest BCUT2D eigenvalue weighted by Gasteiger charge is 2.45. The van der Waals surface area contributed by atoms with Gasteiger partial charge in [-0.05, 0) is 30.7 Å². The van der Waals surface area contributed by atoms with E-state index in [1.807, 2.05) is 11.0 Å². The molecule has 1 aliphatic heterocycles. The highest BCUT2D eigenvalue weighted by atomic mass is 16.2. The van der Waals surface area contributed by atoms with Gasteiger partial charge in [0.25, 0.3) is 0 Å². The summed E-state index contributed by atoms with van der Waals surface area (Å²) in [5, 5.41) is 0. The van der Waals surface area contributed by atoms with Crippen molar-refractivity contribution in [1.82, 2.24) is 4.90 Å². The topological polar surface area (TPSA) is 20.3 Å². The maximum atomic E-state index is 12.1. The minimum absolute atomic E-state index is 0.278. The van der Waals surface area contributed by atoms with Crippen molar-refractivity contribution in [2.45, 2.75) is 25.2 Å². The van der Waals surface area contributed by atoms with Crippen LogP contribution in [0.15, 0.2) is 30.3 Å². The Morgan fingerprint density at radius 3 is 2.50 bits per heavy atom. The van der Waals surface area contributed by atoms with E-state index in [0.717, 1.165) is 19.5 Å². The number of rotatable bonds is 2. The van der Waals surface area contributed by atoms with E-state index in [1.165, 1.54) is 18.4 Å². The van der Waals surface area contributed by atoms with Crippen molar-refractivity contribution in [3.05, 3.63) is 35.9 Å². The zero-order chi connectivity index (χ0) is 11.0. The minimum Gasteiger partial charge on any atom is -0.342 e. The van der Waals surface area contributed by atoms with Crippen LogP contribution in [0.3, 0.4) is 0 Å². The average Bonchev–Trinajstić information content (AvgIpc) is 2.95. The third-order valence-corrected chi connectivity index (χ3v) is 3.75. The summed E-state index contributed by atoms with van der Waals surface area (Å²) in [6, 6.07) is 10.4. The summed E-state index contributed by atoms with van der Waals surface area (Å²) in [5.74, 6) is 1.17. The predicted molar refractivity (Wildman–Crippen MR) is 63.1 cm³/mol. The molecule has 2 atom stereocenters. The van der Waals surface area contributed by atoms with Gasteiger partial charge in [0.05, 0.1) is 0 Å². The molecule has 2 heteroatoms. The van der Waals surface area contributed by atoms with Crippen molar-refractivity contribution in [2.24, 2.45) is 5.92 Å². The zero-order valence-electron chi connectivity index (χ0n) is 9.43. The lowest BCUT2D eigenvalue weighted by molar-refractivity contribution is -0.131.